The molecular weight excluding hydrogens is 304 g/mol. The van der Waals surface area contributed by atoms with Crippen LogP contribution in [0.25, 0.3) is 11.1 Å². The van der Waals surface area contributed by atoms with Crippen molar-refractivity contribution in [1.82, 2.24) is 0 Å². The highest BCUT2D eigenvalue weighted by atomic mass is 16.5. The molecule has 124 valence electrons. The van der Waals surface area contributed by atoms with Crippen molar-refractivity contribution in [1.29, 1.82) is 0 Å². The SMILES string of the molecule is COc1ccc2cc1-c1cc(ccc1O)C(=O)CCCC(=O)CC2. The fourth-order valence-corrected chi connectivity index (χ4v) is 3.05. The number of aryl methyl sites for hydroxylation is 1. The average molecular weight is 324 g/mol. The molecule has 24 heavy (non-hydrogen) atoms. The van der Waals surface area contributed by atoms with E-state index in [9.17, 15) is 14.7 Å². The topological polar surface area (TPSA) is 63.6 Å². The monoisotopic (exact) mass is 324 g/mol. The number of carbonyl (C=O) groups is 2. The Morgan fingerprint density at radius 3 is 2.54 bits per heavy atom. The number of carbonyl (C=O) groups excluding carboxylic acids is 2. The van der Waals surface area contributed by atoms with E-state index in [2.05, 4.69) is 0 Å². The van der Waals surface area contributed by atoms with Gasteiger partial charge in [-0.3, -0.25) is 9.59 Å². The summed E-state index contributed by atoms with van der Waals surface area (Å²) in [5.74, 6) is 0.889. The normalized spacial score (nSPS) is 15.2. The lowest BCUT2D eigenvalue weighted by molar-refractivity contribution is -0.119. The number of ether oxygens (including phenoxy) is 1. The summed E-state index contributed by atoms with van der Waals surface area (Å²) in [6.07, 6.45) is 2.44. The molecule has 0 heterocycles. The van der Waals surface area contributed by atoms with Gasteiger partial charge in [-0.05, 0) is 48.7 Å². The summed E-state index contributed by atoms with van der Waals surface area (Å²) in [6.45, 7) is 0. The smallest absolute Gasteiger partial charge is 0.162 e. The van der Waals surface area contributed by atoms with E-state index in [0.717, 1.165) is 11.1 Å². The Hall–Kier alpha value is -2.62. The zero-order valence-corrected chi connectivity index (χ0v) is 13.7. The summed E-state index contributed by atoms with van der Waals surface area (Å²) < 4.78 is 5.41. The lowest BCUT2D eigenvalue weighted by Crippen LogP contribution is -2.03. The van der Waals surface area contributed by atoms with Crippen LogP contribution in [-0.4, -0.2) is 23.8 Å². The van der Waals surface area contributed by atoms with Gasteiger partial charge in [0.25, 0.3) is 0 Å². The standard InChI is InChI=1S/C20H20O4/c1-24-20-10-6-13-5-8-15(21)3-2-4-18(22)14-7-9-19(23)16(12-14)17(20)11-13/h6-7,9-12,23H,2-5,8H2,1H3. The van der Waals surface area contributed by atoms with Crippen LogP contribution in [-0.2, 0) is 11.2 Å². The van der Waals surface area contributed by atoms with E-state index in [0.29, 0.717) is 49.0 Å². The first kappa shape index (κ1) is 16.2. The van der Waals surface area contributed by atoms with Gasteiger partial charge in [-0.1, -0.05) is 6.07 Å². The van der Waals surface area contributed by atoms with Gasteiger partial charge < -0.3 is 9.84 Å². The Morgan fingerprint density at radius 1 is 0.917 bits per heavy atom. The van der Waals surface area contributed by atoms with Gasteiger partial charge in [-0.25, -0.2) is 0 Å². The zero-order chi connectivity index (χ0) is 17.1. The number of Topliss-reactive ketones (excluding diaryl/α,β-unsaturated/α-hetero) is 2. The largest absolute Gasteiger partial charge is 0.507 e. The second-order valence-corrected chi connectivity index (χ2v) is 6.08. The molecule has 4 bridgehead atoms. The Labute approximate surface area is 141 Å². The van der Waals surface area contributed by atoms with Crippen molar-refractivity contribution in [2.45, 2.75) is 32.1 Å². The number of benzene rings is 2. The molecule has 4 heteroatoms. The van der Waals surface area contributed by atoms with Crippen molar-refractivity contribution < 1.29 is 19.4 Å². The second-order valence-electron chi connectivity index (χ2n) is 6.08. The highest BCUT2D eigenvalue weighted by Gasteiger charge is 2.16. The van der Waals surface area contributed by atoms with Crippen LogP contribution in [0.1, 0.15) is 41.6 Å². The van der Waals surface area contributed by atoms with E-state index in [1.165, 1.54) is 0 Å². The maximum atomic E-state index is 12.4. The molecule has 1 aliphatic rings. The summed E-state index contributed by atoms with van der Waals surface area (Å²) in [7, 11) is 1.57. The third-order valence-corrected chi connectivity index (χ3v) is 4.42. The lowest BCUT2D eigenvalue weighted by atomic mass is 9.96. The van der Waals surface area contributed by atoms with E-state index in [1.807, 2.05) is 18.2 Å². The van der Waals surface area contributed by atoms with Gasteiger partial charge in [-0.2, -0.15) is 0 Å². The molecule has 0 unspecified atom stereocenters. The molecule has 0 aliphatic heterocycles. The van der Waals surface area contributed by atoms with Gasteiger partial charge >= 0.3 is 0 Å². The molecule has 0 spiro atoms. The quantitative estimate of drug-likeness (QED) is 0.863. The highest BCUT2D eigenvalue weighted by Crippen LogP contribution is 2.37. The molecular formula is C20H20O4. The van der Waals surface area contributed by atoms with Gasteiger partial charge in [0.1, 0.15) is 17.3 Å². The first-order valence-corrected chi connectivity index (χ1v) is 8.13. The van der Waals surface area contributed by atoms with E-state index >= 15 is 0 Å². The third-order valence-electron chi connectivity index (χ3n) is 4.42. The number of phenolic OH excluding ortho intramolecular Hbond substituents is 1. The van der Waals surface area contributed by atoms with Crippen LogP contribution in [0.4, 0.5) is 0 Å². The fraction of sp³-hybridized carbons (Fsp3) is 0.300. The molecule has 1 aliphatic carbocycles. The predicted octanol–water partition coefficient (Wildman–Crippen LogP) is 3.94. The van der Waals surface area contributed by atoms with Gasteiger partial charge in [0.2, 0.25) is 0 Å². The van der Waals surface area contributed by atoms with Crippen LogP contribution in [0, 0.1) is 0 Å². The summed E-state index contributed by atoms with van der Waals surface area (Å²) >= 11 is 0. The number of ketones is 2. The third kappa shape index (κ3) is 3.32. The Kier molecular flexibility index (Phi) is 4.65. The summed E-state index contributed by atoms with van der Waals surface area (Å²) in [4.78, 5) is 24.3. The van der Waals surface area contributed by atoms with Crippen LogP contribution >= 0.6 is 0 Å². The van der Waals surface area contributed by atoms with Gasteiger partial charge in [-0.15, -0.1) is 0 Å². The van der Waals surface area contributed by atoms with Crippen molar-refractivity contribution in [3.05, 3.63) is 47.5 Å². The molecule has 2 aromatic rings. The maximum Gasteiger partial charge on any atom is 0.162 e. The number of fused-ring (bicyclic) bond motifs is 5. The van der Waals surface area contributed by atoms with E-state index < -0.39 is 0 Å². The molecule has 3 rings (SSSR count). The van der Waals surface area contributed by atoms with Crippen LogP contribution in [0.3, 0.4) is 0 Å². The minimum atomic E-state index is -0.0154. The molecule has 2 aromatic carbocycles. The van der Waals surface area contributed by atoms with Gasteiger partial charge in [0.05, 0.1) is 7.11 Å². The van der Waals surface area contributed by atoms with Gasteiger partial charge in [0, 0.05) is 36.0 Å². The number of hydrogen-bond acceptors (Lipinski definition) is 4. The van der Waals surface area contributed by atoms with Crippen LogP contribution < -0.4 is 4.74 Å². The van der Waals surface area contributed by atoms with Crippen LogP contribution in [0.2, 0.25) is 0 Å². The van der Waals surface area contributed by atoms with E-state index in [-0.39, 0.29) is 17.3 Å². The maximum absolute atomic E-state index is 12.4. The molecule has 0 atom stereocenters. The van der Waals surface area contributed by atoms with E-state index in [4.69, 9.17) is 4.74 Å². The van der Waals surface area contributed by atoms with Crippen molar-refractivity contribution in [2.24, 2.45) is 0 Å². The number of hydrogen-bond donors (Lipinski definition) is 1. The Bertz CT molecular complexity index is 792. The lowest BCUT2D eigenvalue weighted by Gasteiger charge is -2.13. The number of rotatable bonds is 1. The first-order valence-electron chi connectivity index (χ1n) is 8.13. The molecule has 0 aromatic heterocycles. The molecule has 4 nitrogen and oxygen atoms in total. The molecule has 0 amide bonds. The fourth-order valence-electron chi connectivity index (χ4n) is 3.05. The zero-order valence-electron chi connectivity index (χ0n) is 13.7. The van der Waals surface area contributed by atoms with Crippen LogP contribution in [0.15, 0.2) is 36.4 Å². The van der Waals surface area contributed by atoms with E-state index in [1.54, 1.807) is 25.3 Å². The molecule has 0 radical (unpaired) electrons. The minimum absolute atomic E-state index is 0.0154. The van der Waals surface area contributed by atoms with Crippen molar-refractivity contribution >= 4 is 11.6 Å². The first-order chi connectivity index (χ1) is 11.6. The summed E-state index contributed by atoms with van der Waals surface area (Å²) in [5.41, 5.74) is 2.86. The summed E-state index contributed by atoms with van der Waals surface area (Å²) in [5, 5.41) is 10.3. The van der Waals surface area contributed by atoms with Gasteiger partial charge in [0.15, 0.2) is 5.78 Å². The second kappa shape index (κ2) is 6.87. The summed E-state index contributed by atoms with van der Waals surface area (Å²) in [6, 6.07) is 10.6. The highest BCUT2D eigenvalue weighted by molar-refractivity contribution is 5.98. The molecule has 0 saturated carbocycles. The van der Waals surface area contributed by atoms with Crippen molar-refractivity contribution in [3.63, 3.8) is 0 Å². The van der Waals surface area contributed by atoms with Crippen molar-refractivity contribution in [3.8, 4) is 22.6 Å². The number of phenols is 1. The van der Waals surface area contributed by atoms with Crippen LogP contribution in [0.5, 0.6) is 11.5 Å². The molecule has 1 N–H and O–H groups in total. The Balaban J connectivity index is 2.16. The average Bonchev–Trinajstić information content (AvgIpc) is 2.60. The minimum Gasteiger partial charge on any atom is -0.507 e. The molecule has 0 saturated heterocycles. The number of aromatic hydroxyl groups is 1. The van der Waals surface area contributed by atoms with Crippen molar-refractivity contribution in [2.75, 3.05) is 7.11 Å². The molecule has 0 fully saturated rings. The Morgan fingerprint density at radius 2 is 1.75 bits per heavy atom. The number of methoxy groups -OCH3 is 1. The predicted molar refractivity (Wildman–Crippen MR) is 91.6 cm³/mol.